The van der Waals surface area contributed by atoms with E-state index >= 15 is 0 Å². The molecule has 2 amide bonds. The van der Waals surface area contributed by atoms with Crippen LogP contribution in [0.2, 0.25) is 0 Å². The molecule has 0 bridgehead atoms. The van der Waals surface area contributed by atoms with Gasteiger partial charge in [0.2, 0.25) is 5.91 Å². The number of anilines is 1. The largest absolute Gasteiger partial charge is 0.338 e. The fourth-order valence-corrected chi connectivity index (χ4v) is 4.09. The molecule has 2 unspecified atom stereocenters. The Hall–Kier alpha value is -4.20. The number of benzene rings is 2. The Morgan fingerprint density at radius 1 is 1.00 bits per heavy atom. The van der Waals surface area contributed by atoms with Gasteiger partial charge in [-0.15, -0.1) is 0 Å². The Morgan fingerprint density at radius 3 is 2.29 bits per heavy atom. The van der Waals surface area contributed by atoms with E-state index in [-0.39, 0.29) is 17.7 Å². The molecule has 3 N–H and O–H groups in total. The zero-order valence-corrected chi connectivity index (χ0v) is 19.7. The second-order valence-electron chi connectivity index (χ2n) is 8.37. The van der Waals surface area contributed by atoms with E-state index in [1.54, 1.807) is 19.3 Å². The van der Waals surface area contributed by atoms with Crippen LogP contribution in [0.5, 0.6) is 0 Å². The number of nitrogens with one attached hydrogen (secondary N) is 3. The van der Waals surface area contributed by atoms with E-state index in [4.69, 9.17) is 0 Å². The highest BCUT2D eigenvalue weighted by molar-refractivity contribution is 6.01. The highest BCUT2D eigenvalue weighted by Crippen LogP contribution is 2.27. The minimum Gasteiger partial charge on any atom is -0.338 e. The van der Waals surface area contributed by atoms with E-state index in [1.165, 1.54) is 4.68 Å². The molecular formula is C26H28N6O2. The lowest BCUT2D eigenvalue weighted by Gasteiger charge is -2.25. The van der Waals surface area contributed by atoms with Crippen LogP contribution in [0.4, 0.5) is 5.69 Å². The van der Waals surface area contributed by atoms with E-state index in [0.717, 1.165) is 28.1 Å². The summed E-state index contributed by atoms with van der Waals surface area (Å²) in [6, 6.07) is 18.1. The average molecular weight is 457 g/mol. The van der Waals surface area contributed by atoms with Crippen LogP contribution in [0.3, 0.4) is 0 Å². The molecule has 0 spiro atoms. The molecule has 0 aliphatic carbocycles. The number of H-pyrrole nitrogens is 1. The molecule has 4 aromatic rings. The predicted molar refractivity (Wildman–Crippen MR) is 131 cm³/mol. The van der Waals surface area contributed by atoms with Gasteiger partial charge in [-0.3, -0.25) is 19.4 Å². The van der Waals surface area contributed by atoms with Gasteiger partial charge >= 0.3 is 0 Å². The number of rotatable bonds is 7. The summed E-state index contributed by atoms with van der Waals surface area (Å²) < 4.78 is 1.48. The number of aromatic amines is 1. The molecule has 0 saturated carbocycles. The van der Waals surface area contributed by atoms with Crippen LogP contribution in [0.15, 0.2) is 66.9 Å². The zero-order chi connectivity index (χ0) is 24.2. The maximum Gasteiger partial charge on any atom is 0.270 e. The Kier molecular flexibility index (Phi) is 6.58. The van der Waals surface area contributed by atoms with Crippen LogP contribution in [-0.2, 0) is 11.8 Å². The first-order valence-corrected chi connectivity index (χ1v) is 11.1. The molecule has 4 rings (SSSR count). The zero-order valence-electron chi connectivity index (χ0n) is 19.7. The van der Waals surface area contributed by atoms with Gasteiger partial charge in [0.25, 0.3) is 5.91 Å². The second-order valence-corrected chi connectivity index (χ2v) is 8.37. The van der Waals surface area contributed by atoms with Crippen LogP contribution >= 0.6 is 0 Å². The van der Waals surface area contributed by atoms with Crippen molar-refractivity contribution in [3.63, 3.8) is 0 Å². The van der Waals surface area contributed by atoms with E-state index in [9.17, 15) is 9.59 Å². The standard InChI is InChI=1S/C26H28N6O2/c1-16(19-8-6-5-7-9-19)24(29-25(33)22-14-15-27-32(22)4)26(34)28-21-12-10-20(11-13-21)23-17(2)30-31-18(23)3/h5-16,24H,1-4H3,(H,28,34)(H,29,33)(H,30,31). The minimum atomic E-state index is -0.789. The number of aromatic nitrogens is 4. The molecule has 2 atom stereocenters. The van der Waals surface area contributed by atoms with Crippen LogP contribution in [-0.4, -0.2) is 37.8 Å². The normalized spacial score (nSPS) is 12.7. The molecule has 0 fully saturated rings. The number of hydrogen-bond acceptors (Lipinski definition) is 4. The molecule has 2 heterocycles. The molecular weight excluding hydrogens is 428 g/mol. The lowest BCUT2D eigenvalue weighted by Crippen LogP contribution is -2.47. The maximum atomic E-state index is 13.4. The summed E-state index contributed by atoms with van der Waals surface area (Å²) >= 11 is 0. The van der Waals surface area contributed by atoms with Crippen molar-refractivity contribution in [2.75, 3.05) is 5.32 Å². The van der Waals surface area contributed by atoms with Gasteiger partial charge < -0.3 is 10.6 Å². The summed E-state index contributed by atoms with van der Waals surface area (Å²) in [5.74, 6) is -0.909. The molecule has 8 nitrogen and oxygen atoms in total. The van der Waals surface area contributed by atoms with Gasteiger partial charge in [0.05, 0.1) is 5.69 Å². The van der Waals surface area contributed by atoms with Gasteiger partial charge in [0.1, 0.15) is 11.7 Å². The Morgan fingerprint density at radius 2 is 1.71 bits per heavy atom. The van der Waals surface area contributed by atoms with Crippen molar-refractivity contribution in [3.8, 4) is 11.1 Å². The first-order valence-electron chi connectivity index (χ1n) is 11.1. The Labute approximate surface area is 198 Å². The topological polar surface area (TPSA) is 105 Å². The molecule has 2 aromatic heterocycles. The van der Waals surface area contributed by atoms with Gasteiger partial charge in [0, 0.05) is 36.1 Å². The molecule has 8 heteroatoms. The minimum absolute atomic E-state index is 0.256. The lowest BCUT2D eigenvalue weighted by molar-refractivity contribution is -0.118. The van der Waals surface area contributed by atoms with Crippen molar-refractivity contribution >= 4 is 17.5 Å². The van der Waals surface area contributed by atoms with E-state index in [1.807, 2.05) is 75.4 Å². The van der Waals surface area contributed by atoms with Gasteiger partial charge in [-0.2, -0.15) is 10.2 Å². The molecule has 2 aromatic carbocycles. The van der Waals surface area contributed by atoms with Crippen LogP contribution in [0.1, 0.15) is 40.3 Å². The fourth-order valence-electron chi connectivity index (χ4n) is 4.09. The SMILES string of the molecule is Cc1n[nH]c(C)c1-c1ccc(NC(=O)C(NC(=O)c2ccnn2C)C(C)c2ccccc2)cc1. The van der Waals surface area contributed by atoms with Crippen molar-refractivity contribution in [3.05, 3.63) is 89.5 Å². The maximum absolute atomic E-state index is 13.4. The molecule has 174 valence electrons. The third-order valence-electron chi connectivity index (χ3n) is 6.02. The molecule has 0 aliphatic heterocycles. The third kappa shape index (κ3) is 4.76. The van der Waals surface area contributed by atoms with Gasteiger partial charge in [-0.1, -0.05) is 49.4 Å². The van der Waals surface area contributed by atoms with Crippen molar-refractivity contribution in [1.82, 2.24) is 25.3 Å². The molecule has 34 heavy (non-hydrogen) atoms. The van der Waals surface area contributed by atoms with Crippen molar-refractivity contribution in [2.24, 2.45) is 7.05 Å². The quantitative estimate of drug-likeness (QED) is 0.391. The number of nitrogens with zero attached hydrogens (tertiary/aromatic N) is 3. The first kappa shape index (κ1) is 23.0. The number of hydrogen-bond donors (Lipinski definition) is 3. The number of aryl methyl sites for hydroxylation is 3. The van der Waals surface area contributed by atoms with E-state index < -0.39 is 6.04 Å². The summed E-state index contributed by atoms with van der Waals surface area (Å²) in [4.78, 5) is 26.3. The van der Waals surface area contributed by atoms with E-state index in [0.29, 0.717) is 11.4 Å². The van der Waals surface area contributed by atoms with Crippen LogP contribution in [0.25, 0.3) is 11.1 Å². The fraction of sp³-hybridized carbons (Fsp3) is 0.231. The molecule has 0 aliphatic rings. The van der Waals surface area contributed by atoms with E-state index in [2.05, 4.69) is 25.9 Å². The smallest absolute Gasteiger partial charge is 0.270 e. The molecule has 0 radical (unpaired) electrons. The summed E-state index contributed by atoms with van der Waals surface area (Å²) in [6.07, 6.45) is 1.55. The third-order valence-corrected chi connectivity index (χ3v) is 6.02. The second kappa shape index (κ2) is 9.74. The Balaban J connectivity index is 1.56. The van der Waals surface area contributed by atoms with Gasteiger partial charge in [0.15, 0.2) is 0 Å². The van der Waals surface area contributed by atoms with Crippen molar-refractivity contribution < 1.29 is 9.59 Å². The summed E-state index contributed by atoms with van der Waals surface area (Å²) in [7, 11) is 1.69. The van der Waals surface area contributed by atoms with Gasteiger partial charge in [-0.25, -0.2) is 0 Å². The molecule has 0 saturated heterocycles. The lowest BCUT2D eigenvalue weighted by atomic mass is 9.92. The predicted octanol–water partition coefficient (Wildman–Crippen LogP) is 3.97. The summed E-state index contributed by atoms with van der Waals surface area (Å²) in [5, 5.41) is 17.2. The summed E-state index contributed by atoms with van der Waals surface area (Å²) in [5.41, 5.74) is 5.96. The monoisotopic (exact) mass is 456 g/mol. The van der Waals surface area contributed by atoms with Crippen molar-refractivity contribution in [1.29, 1.82) is 0 Å². The summed E-state index contributed by atoms with van der Waals surface area (Å²) in [6.45, 7) is 5.86. The highest BCUT2D eigenvalue weighted by atomic mass is 16.2. The Bertz CT molecular complexity index is 1270. The number of carbonyl (C=O) groups is 2. The average Bonchev–Trinajstić information content (AvgIpc) is 3.42. The first-order chi connectivity index (χ1) is 16.3. The van der Waals surface area contributed by atoms with Crippen LogP contribution < -0.4 is 10.6 Å². The van der Waals surface area contributed by atoms with Crippen LogP contribution in [0, 0.1) is 13.8 Å². The van der Waals surface area contributed by atoms with Crippen molar-refractivity contribution in [2.45, 2.75) is 32.7 Å². The van der Waals surface area contributed by atoms with Gasteiger partial charge in [-0.05, 0) is 43.2 Å². The number of carbonyl (C=O) groups excluding carboxylic acids is 2. The highest BCUT2D eigenvalue weighted by Gasteiger charge is 2.29. The number of amides is 2.